The largest absolute Gasteiger partial charge is 0.505 e. The van der Waals surface area contributed by atoms with Gasteiger partial charge in [-0.05, 0) is 35.9 Å². The summed E-state index contributed by atoms with van der Waals surface area (Å²) in [4.78, 5) is 15.6. The van der Waals surface area contributed by atoms with E-state index in [1.165, 1.54) is 13.2 Å². The van der Waals surface area contributed by atoms with E-state index in [0.29, 0.717) is 21.8 Å². The maximum absolute atomic E-state index is 13.3. The number of H-pyrrole nitrogens is 1. The van der Waals surface area contributed by atoms with Crippen molar-refractivity contribution in [1.29, 1.82) is 0 Å². The molecule has 0 fully saturated rings. The van der Waals surface area contributed by atoms with Crippen molar-refractivity contribution in [2.24, 2.45) is 0 Å². The van der Waals surface area contributed by atoms with Crippen LogP contribution < -0.4 is 4.72 Å². The molecule has 0 aliphatic carbocycles. The summed E-state index contributed by atoms with van der Waals surface area (Å²) in [6.07, 6.45) is 0. The molecule has 0 radical (unpaired) electrons. The van der Waals surface area contributed by atoms with Gasteiger partial charge in [0.25, 0.3) is 0 Å². The molecule has 1 atom stereocenters. The minimum atomic E-state index is -4.13. The number of methoxy groups -OCH3 is 1. The Morgan fingerprint density at radius 1 is 1.33 bits per heavy atom. The zero-order valence-corrected chi connectivity index (χ0v) is 17.2. The minimum Gasteiger partial charge on any atom is -0.505 e. The summed E-state index contributed by atoms with van der Waals surface area (Å²) >= 11 is 6.10. The lowest BCUT2D eigenvalue weighted by Crippen LogP contribution is -2.43. The van der Waals surface area contributed by atoms with Crippen LogP contribution in [-0.2, 0) is 26.3 Å². The molecule has 3 N–H and O–H groups in total. The standard InChI is InChI=1S/C19H17ClFN3O5S/c1-29-19(26)13-8-24(30(27,28)23-11-3-4-14(21)17(25)7-11)9-16-18(13)12-6-10(20)2-5-15(12)22-16/h2-7,13,22-23,25H,8-9H2,1H3. The SMILES string of the molecule is COC(=O)C1CN(S(=O)(=O)Nc2ccc(F)c(O)c2)Cc2[nH]c3ccc(Cl)cc3c21. The number of phenols is 1. The molecule has 30 heavy (non-hydrogen) atoms. The van der Waals surface area contributed by atoms with Crippen LogP contribution in [0.2, 0.25) is 5.02 Å². The van der Waals surface area contributed by atoms with Crippen LogP contribution in [0.15, 0.2) is 36.4 Å². The zero-order valence-electron chi connectivity index (χ0n) is 15.6. The van der Waals surface area contributed by atoms with E-state index >= 15 is 0 Å². The van der Waals surface area contributed by atoms with Gasteiger partial charge in [-0.25, -0.2) is 4.39 Å². The van der Waals surface area contributed by atoms with E-state index in [1.807, 2.05) is 0 Å². The first-order valence-corrected chi connectivity index (χ1v) is 10.7. The number of nitrogens with zero attached hydrogens (tertiary/aromatic N) is 1. The number of nitrogens with one attached hydrogen (secondary N) is 2. The number of carbonyl (C=O) groups is 1. The molecule has 1 aliphatic heterocycles. The fourth-order valence-electron chi connectivity index (χ4n) is 3.61. The average Bonchev–Trinajstić information content (AvgIpc) is 3.07. The van der Waals surface area contributed by atoms with Crippen LogP contribution in [-0.4, -0.2) is 42.4 Å². The van der Waals surface area contributed by atoms with Gasteiger partial charge in [0, 0.05) is 34.2 Å². The van der Waals surface area contributed by atoms with Crippen molar-refractivity contribution in [2.45, 2.75) is 12.5 Å². The quantitative estimate of drug-likeness (QED) is 0.525. The number of hydrogen-bond acceptors (Lipinski definition) is 5. The monoisotopic (exact) mass is 453 g/mol. The Kier molecular flexibility index (Phi) is 5.08. The van der Waals surface area contributed by atoms with Gasteiger partial charge in [-0.1, -0.05) is 11.6 Å². The number of aromatic amines is 1. The van der Waals surface area contributed by atoms with Crippen molar-refractivity contribution < 1.29 is 27.4 Å². The number of hydrogen-bond donors (Lipinski definition) is 3. The Labute approximate surface area is 176 Å². The van der Waals surface area contributed by atoms with E-state index < -0.39 is 33.7 Å². The number of phenolic OH excluding ortho intramolecular Hbond substituents is 1. The highest BCUT2D eigenvalue weighted by molar-refractivity contribution is 7.90. The van der Waals surface area contributed by atoms with Gasteiger partial charge >= 0.3 is 16.2 Å². The lowest BCUT2D eigenvalue weighted by atomic mass is 9.93. The third-order valence-corrected chi connectivity index (χ3v) is 6.66. The molecule has 0 saturated heterocycles. The van der Waals surface area contributed by atoms with Gasteiger partial charge in [0.05, 0.1) is 25.3 Å². The molecule has 1 unspecified atom stereocenters. The summed E-state index contributed by atoms with van der Waals surface area (Å²) < 4.78 is 47.4. The molecule has 3 aromatic rings. The predicted molar refractivity (Wildman–Crippen MR) is 109 cm³/mol. The van der Waals surface area contributed by atoms with Gasteiger partial charge in [0.1, 0.15) is 0 Å². The third-order valence-electron chi connectivity index (χ3n) is 4.97. The number of fused-ring (bicyclic) bond motifs is 3. The minimum absolute atomic E-state index is 0.0160. The molecule has 0 amide bonds. The highest BCUT2D eigenvalue weighted by atomic mass is 35.5. The Bertz CT molecular complexity index is 1260. The predicted octanol–water partition coefficient (Wildman–Crippen LogP) is 3.10. The zero-order chi connectivity index (χ0) is 21.6. The number of rotatable bonds is 4. The van der Waals surface area contributed by atoms with Gasteiger partial charge in [-0.2, -0.15) is 12.7 Å². The number of esters is 1. The maximum atomic E-state index is 13.3. The van der Waals surface area contributed by atoms with E-state index in [9.17, 15) is 22.7 Å². The summed E-state index contributed by atoms with van der Waals surface area (Å²) in [5.74, 6) is -3.01. The van der Waals surface area contributed by atoms with Gasteiger partial charge in [0.15, 0.2) is 11.6 Å². The van der Waals surface area contributed by atoms with E-state index in [1.54, 1.807) is 18.2 Å². The summed E-state index contributed by atoms with van der Waals surface area (Å²) in [5.41, 5.74) is 1.89. The van der Waals surface area contributed by atoms with Crippen LogP contribution in [0.1, 0.15) is 17.2 Å². The number of carbonyl (C=O) groups excluding carboxylic acids is 1. The van der Waals surface area contributed by atoms with Crippen LogP contribution in [0.25, 0.3) is 10.9 Å². The molecular weight excluding hydrogens is 437 g/mol. The summed E-state index contributed by atoms with van der Waals surface area (Å²) in [6.45, 7) is -0.195. The number of anilines is 1. The normalized spacial score (nSPS) is 17.0. The molecule has 2 aromatic carbocycles. The molecule has 0 bridgehead atoms. The Balaban J connectivity index is 1.73. The molecule has 2 heterocycles. The number of aromatic hydroxyl groups is 1. The Morgan fingerprint density at radius 3 is 2.80 bits per heavy atom. The second-order valence-corrected chi connectivity index (χ2v) is 8.96. The van der Waals surface area contributed by atoms with Crippen molar-refractivity contribution in [3.63, 3.8) is 0 Å². The van der Waals surface area contributed by atoms with Crippen LogP contribution in [0, 0.1) is 5.82 Å². The molecule has 8 nitrogen and oxygen atoms in total. The molecular formula is C19H17ClFN3O5S. The molecule has 4 rings (SSSR count). The van der Waals surface area contributed by atoms with Crippen LogP contribution in [0.3, 0.4) is 0 Å². The summed E-state index contributed by atoms with van der Waals surface area (Å²) in [6, 6.07) is 8.25. The second-order valence-electron chi connectivity index (χ2n) is 6.85. The van der Waals surface area contributed by atoms with E-state index in [0.717, 1.165) is 21.8 Å². The van der Waals surface area contributed by atoms with Crippen LogP contribution >= 0.6 is 11.6 Å². The number of benzene rings is 2. The van der Waals surface area contributed by atoms with Gasteiger partial charge < -0.3 is 14.8 Å². The highest BCUT2D eigenvalue weighted by Gasteiger charge is 2.39. The highest BCUT2D eigenvalue weighted by Crippen LogP contribution is 2.37. The van der Waals surface area contributed by atoms with E-state index in [-0.39, 0.29) is 18.8 Å². The average molecular weight is 454 g/mol. The summed E-state index contributed by atoms with van der Waals surface area (Å²) in [5, 5.41) is 10.7. The Hall–Kier alpha value is -2.82. The third kappa shape index (κ3) is 3.57. The fraction of sp³-hybridized carbons (Fsp3) is 0.211. The first-order chi connectivity index (χ1) is 14.2. The van der Waals surface area contributed by atoms with Crippen molar-refractivity contribution >= 4 is 44.4 Å². The lowest BCUT2D eigenvalue weighted by Gasteiger charge is -2.31. The van der Waals surface area contributed by atoms with Crippen molar-refractivity contribution in [3.05, 3.63) is 58.5 Å². The van der Waals surface area contributed by atoms with Gasteiger partial charge in [0.2, 0.25) is 0 Å². The summed E-state index contributed by atoms with van der Waals surface area (Å²) in [7, 11) is -2.90. The van der Waals surface area contributed by atoms with Crippen molar-refractivity contribution in [3.8, 4) is 5.75 Å². The van der Waals surface area contributed by atoms with Gasteiger partial charge in [-0.3, -0.25) is 9.52 Å². The molecule has 0 saturated carbocycles. The van der Waals surface area contributed by atoms with Crippen LogP contribution in [0.4, 0.5) is 10.1 Å². The topological polar surface area (TPSA) is 112 Å². The smallest absolute Gasteiger partial charge is 0.314 e. The molecule has 0 spiro atoms. The molecule has 158 valence electrons. The lowest BCUT2D eigenvalue weighted by molar-refractivity contribution is -0.142. The second kappa shape index (κ2) is 7.46. The van der Waals surface area contributed by atoms with Gasteiger partial charge in [-0.15, -0.1) is 0 Å². The van der Waals surface area contributed by atoms with E-state index in [4.69, 9.17) is 16.3 Å². The number of ether oxygens (including phenoxy) is 1. The Morgan fingerprint density at radius 2 is 2.10 bits per heavy atom. The van der Waals surface area contributed by atoms with Crippen LogP contribution in [0.5, 0.6) is 5.75 Å². The van der Waals surface area contributed by atoms with Crippen molar-refractivity contribution in [2.75, 3.05) is 18.4 Å². The first-order valence-electron chi connectivity index (χ1n) is 8.84. The first kappa shape index (κ1) is 20.5. The molecule has 1 aromatic heterocycles. The molecule has 1 aliphatic rings. The van der Waals surface area contributed by atoms with Crippen molar-refractivity contribution in [1.82, 2.24) is 9.29 Å². The maximum Gasteiger partial charge on any atom is 0.314 e. The molecule has 11 heteroatoms. The number of halogens is 2. The van der Waals surface area contributed by atoms with E-state index in [2.05, 4.69) is 9.71 Å². The number of aromatic nitrogens is 1. The fourth-order valence-corrected chi connectivity index (χ4v) is 4.98.